The second kappa shape index (κ2) is 3.34. The van der Waals surface area contributed by atoms with Crippen molar-refractivity contribution >= 4 is 5.97 Å². The van der Waals surface area contributed by atoms with Crippen molar-refractivity contribution < 1.29 is 14.3 Å². The largest absolute Gasteiger partial charge is 0.479 e. The van der Waals surface area contributed by atoms with Crippen molar-refractivity contribution in [1.29, 1.82) is 0 Å². The lowest BCUT2D eigenvalue weighted by Crippen LogP contribution is -2.06. The van der Waals surface area contributed by atoms with Crippen molar-refractivity contribution in [3.05, 3.63) is 18.2 Å². The Balaban J connectivity index is 2.81. The molecule has 1 aromatic heterocycles. The number of carboxylic acid groups (broad SMARTS) is 1. The van der Waals surface area contributed by atoms with Crippen molar-refractivity contribution in [2.75, 3.05) is 0 Å². The molecule has 0 aliphatic carbocycles. The third-order valence-electron chi connectivity index (χ3n) is 1.49. The van der Waals surface area contributed by atoms with Crippen LogP contribution in [-0.4, -0.2) is 20.6 Å². The molecule has 0 aromatic carbocycles. The fourth-order valence-corrected chi connectivity index (χ4v) is 0.808. The fourth-order valence-electron chi connectivity index (χ4n) is 0.808. The smallest absolute Gasteiger partial charge is 0.344 e. The van der Waals surface area contributed by atoms with E-state index in [1.54, 1.807) is 4.57 Å². The van der Waals surface area contributed by atoms with Crippen LogP contribution >= 0.6 is 0 Å². The van der Waals surface area contributed by atoms with Crippen LogP contribution in [0.2, 0.25) is 0 Å². The van der Waals surface area contributed by atoms with E-state index in [0.29, 0.717) is 6.54 Å². The van der Waals surface area contributed by atoms with Crippen LogP contribution in [0.15, 0.2) is 12.5 Å². The first-order valence-corrected chi connectivity index (χ1v) is 3.53. The van der Waals surface area contributed by atoms with Gasteiger partial charge in [-0.2, -0.15) is 0 Å². The number of imidazole rings is 1. The minimum atomic E-state index is -2.02. The van der Waals surface area contributed by atoms with Gasteiger partial charge < -0.3 is 9.67 Å². The number of carboxylic acids is 1. The number of aromatic nitrogens is 2. The molecule has 0 saturated heterocycles. The Morgan fingerprint density at radius 1 is 1.92 bits per heavy atom. The second-order valence-electron chi connectivity index (χ2n) is 2.33. The quantitative estimate of drug-likeness (QED) is 0.739. The van der Waals surface area contributed by atoms with E-state index >= 15 is 0 Å². The van der Waals surface area contributed by atoms with E-state index < -0.39 is 12.1 Å². The minimum absolute atomic E-state index is 0.0515. The SMILES string of the molecule is CCn1cnc(C(F)C(=O)O)c1. The number of halogens is 1. The van der Waals surface area contributed by atoms with Gasteiger partial charge in [0.25, 0.3) is 0 Å². The Bertz CT molecular complexity index is 285. The molecule has 0 aliphatic heterocycles. The summed E-state index contributed by atoms with van der Waals surface area (Å²) < 4.78 is 14.3. The number of hydrogen-bond acceptors (Lipinski definition) is 2. The van der Waals surface area contributed by atoms with Crippen LogP contribution < -0.4 is 0 Å². The molecular formula is C7H9FN2O2. The maximum atomic E-state index is 12.7. The highest BCUT2D eigenvalue weighted by Crippen LogP contribution is 2.14. The van der Waals surface area contributed by atoms with Gasteiger partial charge in [0, 0.05) is 12.7 Å². The van der Waals surface area contributed by atoms with Gasteiger partial charge >= 0.3 is 5.97 Å². The minimum Gasteiger partial charge on any atom is -0.479 e. The Kier molecular flexibility index (Phi) is 2.42. The molecule has 0 spiro atoms. The first-order valence-electron chi connectivity index (χ1n) is 3.53. The van der Waals surface area contributed by atoms with Crippen LogP contribution in [0.4, 0.5) is 4.39 Å². The van der Waals surface area contributed by atoms with Gasteiger partial charge in [-0.15, -0.1) is 0 Å². The monoisotopic (exact) mass is 172 g/mol. The lowest BCUT2D eigenvalue weighted by Gasteiger charge is -1.96. The highest BCUT2D eigenvalue weighted by molar-refractivity contribution is 5.73. The van der Waals surface area contributed by atoms with Gasteiger partial charge in [0.1, 0.15) is 5.69 Å². The van der Waals surface area contributed by atoms with Crippen molar-refractivity contribution in [2.45, 2.75) is 19.6 Å². The van der Waals surface area contributed by atoms with E-state index in [-0.39, 0.29) is 5.69 Å². The average molecular weight is 172 g/mol. The van der Waals surface area contributed by atoms with E-state index in [1.165, 1.54) is 12.5 Å². The topological polar surface area (TPSA) is 55.1 Å². The zero-order valence-electron chi connectivity index (χ0n) is 6.57. The van der Waals surface area contributed by atoms with E-state index in [4.69, 9.17) is 5.11 Å². The molecule has 0 fully saturated rings. The Hall–Kier alpha value is -1.39. The number of aryl methyl sites for hydroxylation is 1. The summed E-state index contributed by atoms with van der Waals surface area (Å²) in [5.74, 6) is -1.50. The summed E-state index contributed by atoms with van der Waals surface area (Å²) in [6, 6.07) is 0. The molecule has 1 atom stereocenters. The summed E-state index contributed by atoms with van der Waals surface area (Å²) in [6.07, 6.45) is 0.779. The molecule has 0 aliphatic rings. The lowest BCUT2D eigenvalue weighted by molar-refractivity contribution is -0.143. The Morgan fingerprint density at radius 2 is 2.58 bits per heavy atom. The number of carbonyl (C=O) groups is 1. The highest BCUT2D eigenvalue weighted by Gasteiger charge is 2.20. The van der Waals surface area contributed by atoms with Gasteiger partial charge in [-0.05, 0) is 6.92 Å². The summed E-state index contributed by atoms with van der Waals surface area (Å²) in [4.78, 5) is 13.8. The summed E-state index contributed by atoms with van der Waals surface area (Å²) >= 11 is 0. The van der Waals surface area contributed by atoms with Crippen LogP contribution in [0.3, 0.4) is 0 Å². The molecule has 1 rings (SSSR count). The first kappa shape index (κ1) is 8.70. The predicted molar refractivity (Wildman–Crippen MR) is 39.4 cm³/mol. The number of alkyl halides is 1. The Labute approximate surface area is 68.7 Å². The van der Waals surface area contributed by atoms with Crippen LogP contribution in [0, 0.1) is 0 Å². The number of aliphatic carboxylic acids is 1. The average Bonchev–Trinajstić information content (AvgIpc) is 2.50. The van der Waals surface area contributed by atoms with Gasteiger partial charge in [0.15, 0.2) is 0 Å². The zero-order chi connectivity index (χ0) is 9.14. The molecule has 1 aromatic rings. The zero-order valence-corrected chi connectivity index (χ0v) is 6.57. The van der Waals surface area contributed by atoms with Crippen molar-refractivity contribution in [1.82, 2.24) is 9.55 Å². The van der Waals surface area contributed by atoms with Crippen LogP contribution in [0.25, 0.3) is 0 Å². The third-order valence-corrected chi connectivity index (χ3v) is 1.49. The summed E-state index contributed by atoms with van der Waals surface area (Å²) in [7, 11) is 0. The molecule has 0 radical (unpaired) electrons. The van der Waals surface area contributed by atoms with E-state index in [1.807, 2.05) is 6.92 Å². The van der Waals surface area contributed by atoms with Gasteiger partial charge in [-0.25, -0.2) is 14.2 Å². The summed E-state index contributed by atoms with van der Waals surface area (Å²) in [5, 5.41) is 8.29. The second-order valence-corrected chi connectivity index (χ2v) is 2.33. The summed E-state index contributed by atoms with van der Waals surface area (Å²) in [5.41, 5.74) is -0.0515. The van der Waals surface area contributed by atoms with Gasteiger partial charge in [-0.3, -0.25) is 0 Å². The fraction of sp³-hybridized carbons (Fsp3) is 0.429. The highest BCUT2D eigenvalue weighted by atomic mass is 19.1. The normalized spacial score (nSPS) is 12.8. The molecule has 66 valence electrons. The van der Waals surface area contributed by atoms with Crippen molar-refractivity contribution in [3.63, 3.8) is 0 Å². The van der Waals surface area contributed by atoms with Crippen LogP contribution in [0.5, 0.6) is 0 Å². The number of hydrogen-bond donors (Lipinski definition) is 1. The molecule has 0 bridgehead atoms. The molecule has 4 nitrogen and oxygen atoms in total. The van der Waals surface area contributed by atoms with Gasteiger partial charge in [0.05, 0.1) is 6.33 Å². The Morgan fingerprint density at radius 3 is 3.00 bits per heavy atom. The van der Waals surface area contributed by atoms with Gasteiger partial charge in [-0.1, -0.05) is 0 Å². The van der Waals surface area contributed by atoms with Gasteiger partial charge in [0.2, 0.25) is 6.17 Å². The summed E-state index contributed by atoms with van der Waals surface area (Å²) in [6.45, 7) is 2.51. The molecule has 1 unspecified atom stereocenters. The molecule has 5 heteroatoms. The van der Waals surface area contributed by atoms with E-state index in [9.17, 15) is 9.18 Å². The van der Waals surface area contributed by atoms with E-state index in [2.05, 4.69) is 4.98 Å². The first-order chi connectivity index (χ1) is 5.65. The molecular weight excluding hydrogens is 163 g/mol. The van der Waals surface area contributed by atoms with Crippen molar-refractivity contribution in [2.24, 2.45) is 0 Å². The standard InChI is InChI=1S/C7H9FN2O2/c1-2-10-3-5(9-4-10)6(8)7(11)12/h3-4,6H,2H2,1H3,(H,11,12). The lowest BCUT2D eigenvalue weighted by atomic mass is 10.3. The molecule has 12 heavy (non-hydrogen) atoms. The molecule has 1 heterocycles. The van der Waals surface area contributed by atoms with Crippen LogP contribution in [0.1, 0.15) is 18.8 Å². The van der Waals surface area contributed by atoms with E-state index in [0.717, 1.165) is 0 Å². The predicted octanol–water partition coefficient (Wildman–Crippen LogP) is 0.998. The maximum absolute atomic E-state index is 12.7. The molecule has 0 amide bonds. The van der Waals surface area contributed by atoms with Crippen molar-refractivity contribution in [3.8, 4) is 0 Å². The third kappa shape index (κ3) is 1.61. The maximum Gasteiger partial charge on any atom is 0.344 e. The number of rotatable bonds is 3. The number of nitrogens with zero attached hydrogens (tertiary/aromatic N) is 2. The molecule has 0 saturated carbocycles. The van der Waals surface area contributed by atoms with Crippen LogP contribution in [-0.2, 0) is 11.3 Å². The molecule has 1 N–H and O–H groups in total.